The first-order valence-corrected chi connectivity index (χ1v) is 5.29. The van der Waals surface area contributed by atoms with Crippen molar-refractivity contribution in [3.05, 3.63) is 23.8 Å². The van der Waals surface area contributed by atoms with E-state index in [4.69, 9.17) is 5.11 Å². The van der Waals surface area contributed by atoms with E-state index >= 15 is 0 Å². The van der Waals surface area contributed by atoms with Crippen LogP contribution in [0.1, 0.15) is 5.56 Å². The minimum absolute atomic E-state index is 0.371. The summed E-state index contributed by atoms with van der Waals surface area (Å²) in [6.07, 6.45) is 0. The Morgan fingerprint density at radius 3 is 3.14 bits per heavy atom. The van der Waals surface area contributed by atoms with Gasteiger partial charge in [-0.3, -0.25) is 4.79 Å². The molecule has 1 unspecified atom stereocenters. The highest BCUT2D eigenvalue weighted by Crippen LogP contribution is 2.35. The predicted molar refractivity (Wildman–Crippen MR) is 56.9 cm³/mol. The van der Waals surface area contributed by atoms with Gasteiger partial charge in [-0.2, -0.15) is 0 Å². The summed E-state index contributed by atoms with van der Waals surface area (Å²) in [6, 6.07) is 6.03. The number of nitrogens with one attached hydrogen (secondary N) is 1. The van der Waals surface area contributed by atoms with E-state index < -0.39 is 5.97 Å². The molecule has 3 nitrogen and oxygen atoms in total. The number of anilines is 1. The van der Waals surface area contributed by atoms with E-state index in [1.165, 1.54) is 11.8 Å². The summed E-state index contributed by atoms with van der Waals surface area (Å²) in [5.74, 6) is -0.755. The summed E-state index contributed by atoms with van der Waals surface area (Å²) >= 11 is 1.42. The minimum Gasteiger partial charge on any atom is -0.480 e. The molecule has 1 aliphatic rings. The van der Waals surface area contributed by atoms with E-state index in [0.717, 1.165) is 16.1 Å². The SMILES string of the molecule is Cc1ccc2c(c1)SC(C(=O)O)CN2. The van der Waals surface area contributed by atoms with Crippen LogP contribution in [0.3, 0.4) is 0 Å². The van der Waals surface area contributed by atoms with Crippen LogP contribution in [0, 0.1) is 6.92 Å². The van der Waals surface area contributed by atoms with Gasteiger partial charge in [-0.05, 0) is 24.6 Å². The second kappa shape index (κ2) is 3.53. The van der Waals surface area contributed by atoms with Gasteiger partial charge in [0, 0.05) is 17.1 Å². The number of aliphatic carboxylic acids is 1. The molecule has 74 valence electrons. The molecule has 0 aliphatic carbocycles. The summed E-state index contributed by atoms with van der Waals surface area (Å²) in [5, 5.41) is 11.6. The van der Waals surface area contributed by atoms with Crippen LogP contribution < -0.4 is 5.32 Å². The average molecular weight is 209 g/mol. The normalized spacial score (nSPS) is 19.6. The molecule has 0 aromatic heterocycles. The molecule has 0 saturated carbocycles. The number of benzene rings is 1. The standard InChI is InChI=1S/C10H11NO2S/c1-6-2-3-7-8(4-6)14-9(5-11-7)10(12)13/h2-4,9,11H,5H2,1H3,(H,12,13). The summed E-state index contributed by atoms with van der Waals surface area (Å²) in [7, 11) is 0. The fourth-order valence-corrected chi connectivity index (χ4v) is 2.50. The maximum Gasteiger partial charge on any atom is 0.318 e. The molecule has 2 rings (SSSR count). The lowest BCUT2D eigenvalue weighted by Gasteiger charge is -2.22. The van der Waals surface area contributed by atoms with Crippen LogP contribution >= 0.6 is 11.8 Å². The fourth-order valence-electron chi connectivity index (χ4n) is 1.41. The number of hydrogen-bond donors (Lipinski definition) is 2. The van der Waals surface area contributed by atoms with Crippen molar-refractivity contribution in [3.8, 4) is 0 Å². The molecular weight excluding hydrogens is 198 g/mol. The summed E-state index contributed by atoms with van der Waals surface area (Å²) in [5.41, 5.74) is 2.20. The molecule has 1 heterocycles. The number of carboxylic acid groups (broad SMARTS) is 1. The third-order valence-corrected chi connectivity index (χ3v) is 3.40. The zero-order chi connectivity index (χ0) is 10.1. The van der Waals surface area contributed by atoms with Crippen LogP contribution in [0.2, 0.25) is 0 Å². The summed E-state index contributed by atoms with van der Waals surface area (Å²) in [4.78, 5) is 11.8. The van der Waals surface area contributed by atoms with Gasteiger partial charge in [0.05, 0.1) is 0 Å². The number of aryl methyl sites for hydroxylation is 1. The molecule has 0 fully saturated rings. The maximum atomic E-state index is 10.8. The van der Waals surface area contributed by atoms with Gasteiger partial charge in [-0.15, -0.1) is 11.8 Å². The molecule has 2 N–H and O–H groups in total. The largest absolute Gasteiger partial charge is 0.480 e. The highest BCUT2D eigenvalue weighted by Gasteiger charge is 2.24. The Balaban J connectivity index is 2.29. The first kappa shape index (κ1) is 9.40. The molecule has 4 heteroatoms. The van der Waals surface area contributed by atoms with E-state index in [1.807, 2.05) is 25.1 Å². The van der Waals surface area contributed by atoms with Gasteiger partial charge in [0.2, 0.25) is 0 Å². The molecule has 14 heavy (non-hydrogen) atoms. The molecule has 1 aromatic rings. The molecule has 0 bridgehead atoms. The van der Waals surface area contributed by atoms with E-state index in [0.29, 0.717) is 6.54 Å². The van der Waals surface area contributed by atoms with Crippen molar-refractivity contribution in [3.63, 3.8) is 0 Å². The Hall–Kier alpha value is -1.16. The summed E-state index contributed by atoms with van der Waals surface area (Å²) in [6.45, 7) is 2.50. The van der Waals surface area contributed by atoms with Gasteiger partial charge in [-0.25, -0.2) is 0 Å². The lowest BCUT2D eigenvalue weighted by Crippen LogP contribution is -2.28. The van der Waals surface area contributed by atoms with Crippen LogP contribution in [0.4, 0.5) is 5.69 Å². The van der Waals surface area contributed by atoms with Crippen molar-refractivity contribution < 1.29 is 9.90 Å². The predicted octanol–water partition coefficient (Wildman–Crippen LogP) is 1.97. The smallest absolute Gasteiger partial charge is 0.318 e. The van der Waals surface area contributed by atoms with Crippen LogP contribution in [0.25, 0.3) is 0 Å². The molecule has 0 amide bonds. The lowest BCUT2D eigenvalue weighted by atomic mass is 10.2. The lowest BCUT2D eigenvalue weighted by molar-refractivity contribution is -0.136. The Morgan fingerprint density at radius 1 is 1.64 bits per heavy atom. The van der Waals surface area contributed by atoms with Crippen molar-refractivity contribution in [2.24, 2.45) is 0 Å². The third kappa shape index (κ3) is 1.70. The van der Waals surface area contributed by atoms with Gasteiger partial charge in [-0.1, -0.05) is 6.07 Å². The van der Waals surface area contributed by atoms with Crippen LogP contribution in [-0.2, 0) is 4.79 Å². The zero-order valence-electron chi connectivity index (χ0n) is 7.78. The number of hydrogen-bond acceptors (Lipinski definition) is 3. The Kier molecular flexibility index (Phi) is 2.37. The molecule has 0 spiro atoms. The first-order chi connectivity index (χ1) is 6.66. The number of thioether (sulfide) groups is 1. The molecule has 1 aromatic carbocycles. The molecule has 0 radical (unpaired) electrons. The highest BCUT2D eigenvalue weighted by atomic mass is 32.2. The second-order valence-corrected chi connectivity index (χ2v) is 4.57. The minimum atomic E-state index is -0.755. The Morgan fingerprint density at radius 2 is 2.43 bits per heavy atom. The van der Waals surface area contributed by atoms with Gasteiger partial charge >= 0.3 is 5.97 Å². The zero-order valence-corrected chi connectivity index (χ0v) is 8.60. The molecule has 1 aliphatic heterocycles. The van der Waals surface area contributed by atoms with Crippen molar-refractivity contribution in [1.29, 1.82) is 0 Å². The second-order valence-electron chi connectivity index (χ2n) is 3.33. The van der Waals surface area contributed by atoms with E-state index in [-0.39, 0.29) is 5.25 Å². The van der Waals surface area contributed by atoms with Crippen molar-refractivity contribution in [2.45, 2.75) is 17.1 Å². The van der Waals surface area contributed by atoms with E-state index in [2.05, 4.69) is 5.32 Å². The topological polar surface area (TPSA) is 49.3 Å². The molecule has 1 atom stereocenters. The third-order valence-electron chi connectivity index (χ3n) is 2.16. The van der Waals surface area contributed by atoms with Gasteiger partial charge in [0.15, 0.2) is 0 Å². The highest BCUT2D eigenvalue weighted by molar-refractivity contribution is 8.00. The van der Waals surface area contributed by atoms with Gasteiger partial charge in [0.1, 0.15) is 5.25 Å². The number of carbonyl (C=O) groups is 1. The van der Waals surface area contributed by atoms with Gasteiger partial charge in [0.25, 0.3) is 0 Å². The Labute approximate surface area is 86.5 Å². The van der Waals surface area contributed by atoms with Crippen LogP contribution in [-0.4, -0.2) is 22.9 Å². The fraction of sp³-hybridized carbons (Fsp3) is 0.300. The van der Waals surface area contributed by atoms with Crippen molar-refractivity contribution in [1.82, 2.24) is 0 Å². The maximum absolute atomic E-state index is 10.8. The van der Waals surface area contributed by atoms with Crippen molar-refractivity contribution in [2.75, 3.05) is 11.9 Å². The van der Waals surface area contributed by atoms with Crippen LogP contribution in [0.15, 0.2) is 23.1 Å². The molecular formula is C10H11NO2S. The average Bonchev–Trinajstić information content (AvgIpc) is 2.16. The number of rotatable bonds is 1. The molecule has 0 saturated heterocycles. The van der Waals surface area contributed by atoms with Crippen molar-refractivity contribution >= 4 is 23.4 Å². The number of fused-ring (bicyclic) bond motifs is 1. The monoisotopic (exact) mass is 209 g/mol. The van der Waals surface area contributed by atoms with Gasteiger partial charge < -0.3 is 10.4 Å². The summed E-state index contributed by atoms with van der Waals surface area (Å²) < 4.78 is 0. The van der Waals surface area contributed by atoms with E-state index in [1.54, 1.807) is 0 Å². The van der Waals surface area contributed by atoms with Crippen LogP contribution in [0.5, 0.6) is 0 Å². The number of carboxylic acids is 1. The van der Waals surface area contributed by atoms with E-state index in [9.17, 15) is 4.79 Å². The Bertz CT molecular complexity index is 378. The quantitative estimate of drug-likeness (QED) is 0.742. The first-order valence-electron chi connectivity index (χ1n) is 4.41.